The van der Waals surface area contributed by atoms with Crippen molar-refractivity contribution >= 4 is 6.08 Å². The van der Waals surface area contributed by atoms with Gasteiger partial charge in [-0.15, -0.1) is 0 Å². The quantitative estimate of drug-likeness (QED) is 0.881. The lowest BCUT2D eigenvalue weighted by Gasteiger charge is -2.14. The molecular formula is C17H19NO. The summed E-state index contributed by atoms with van der Waals surface area (Å²) in [5.41, 5.74) is 2.42. The molecule has 19 heavy (non-hydrogen) atoms. The van der Waals surface area contributed by atoms with Gasteiger partial charge in [-0.1, -0.05) is 54.6 Å². The van der Waals surface area contributed by atoms with Crippen molar-refractivity contribution < 1.29 is 5.11 Å². The van der Waals surface area contributed by atoms with E-state index < -0.39 is 0 Å². The van der Waals surface area contributed by atoms with E-state index in [2.05, 4.69) is 36.2 Å². The minimum absolute atomic E-state index is 0.315. The number of phenolic OH excluding ortho intramolecular Hbond substituents is 1. The summed E-state index contributed by atoms with van der Waals surface area (Å²) in [6.07, 6.45) is 4.29. The molecule has 0 atom stereocenters. The number of hydrogen-bond donors (Lipinski definition) is 1. The molecule has 2 rings (SSSR count). The summed E-state index contributed by atoms with van der Waals surface area (Å²) in [5.74, 6) is 0.315. The van der Waals surface area contributed by atoms with Gasteiger partial charge in [0.2, 0.25) is 0 Å². The lowest BCUT2D eigenvalue weighted by molar-refractivity contribution is 0.363. The van der Waals surface area contributed by atoms with Gasteiger partial charge in [-0.25, -0.2) is 0 Å². The van der Waals surface area contributed by atoms with Gasteiger partial charge in [-0.3, -0.25) is 4.90 Å². The molecule has 0 radical (unpaired) electrons. The maximum Gasteiger partial charge on any atom is 0.115 e. The highest BCUT2D eigenvalue weighted by molar-refractivity contribution is 5.48. The van der Waals surface area contributed by atoms with Crippen molar-refractivity contribution in [3.8, 4) is 5.75 Å². The van der Waals surface area contributed by atoms with E-state index in [4.69, 9.17) is 0 Å². The maximum absolute atomic E-state index is 9.23. The van der Waals surface area contributed by atoms with Crippen molar-refractivity contribution in [1.29, 1.82) is 0 Å². The number of benzene rings is 2. The normalized spacial score (nSPS) is 11.3. The van der Waals surface area contributed by atoms with E-state index in [1.165, 1.54) is 11.1 Å². The molecule has 0 aliphatic heterocycles. The van der Waals surface area contributed by atoms with Crippen molar-refractivity contribution in [2.24, 2.45) is 0 Å². The fraction of sp³-hybridized carbons (Fsp3) is 0.176. The first-order chi connectivity index (χ1) is 9.24. The summed E-state index contributed by atoms with van der Waals surface area (Å²) in [5, 5.41) is 9.23. The SMILES string of the molecule is CN(CC=Cc1ccccc1)Cc1ccc(O)cc1. The lowest BCUT2D eigenvalue weighted by Crippen LogP contribution is -2.17. The van der Waals surface area contributed by atoms with Gasteiger partial charge in [0.05, 0.1) is 0 Å². The highest BCUT2D eigenvalue weighted by atomic mass is 16.3. The van der Waals surface area contributed by atoms with Crippen molar-refractivity contribution in [3.05, 3.63) is 71.8 Å². The van der Waals surface area contributed by atoms with E-state index in [1.54, 1.807) is 12.1 Å². The number of rotatable bonds is 5. The van der Waals surface area contributed by atoms with Gasteiger partial charge in [0, 0.05) is 13.1 Å². The van der Waals surface area contributed by atoms with E-state index >= 15 is 0 Å². The van der Waals surface area contributed by atoms with Crippen LogP contribution in [0, 0.1) is 0 Å². The molecule has 0 unspecified atom stereocenters. The van der Waals surface area contributed by atoms with E-state index in [0.29, 0.717) is 5.75 Å². The van der Waals surface area contributed by atoms with Crippen LogP contribution in [0.1, 0.15) is 11.1 Å². The van der Waals surface area contributed by atoms with E-state index in [0.717, 1.165) is 13.1 Å². The van der Waals surface area contributed by atoms with Crippen LogP contribution in [0.4, 0.5) is 0 Å². The van der Waals surface area contributed by atoms with Crippen molar-refractivity contribution in [1.82, 2.24) is 4.90 Å². The van der Waals surface area contributed by atoms with E-state index in [9.17, 15) is 5.11 Å². The van der Waals surface area contributed by atoms with Gasteiger partial charge in [-0.2, -0.15) is 0 Å². The first-order valence-electron chi connectivity index (χ1n) is 6.42. The minimum atomic E-state index is 0.315. The average Bonchev–Trinajstić information content (AvgIpc) is 2.43. The van der Waals surface area contributed by atoms with E-state index in [-0.39, 0.29) is 0 Å². The molecule has 2 heteroatoms. The molecule has 0 aliphatic rings. The third-order valence-corrected chi connectivity index (χ3v) is 2.92. The molecule has 0 bridgehead atoms. The van der Waals surface area contributed by atoms with Crippen molar-refractivity contribution in [2.45, 2.75) is 6.54 Å². The third kappa shape index (κ3) is 4.60. The second-order valence-corrected chi connectivity index (χ2v) is 4.68. The average molecular weight is 253 g/mol. The van der Waals surface area contributed by atoms with Gasteiger partial charge in [0.1, 0.15) is 5.75 Å². The minimum Gasteiger partial charge on any atom is -0.508 e. The maximum atomic E-state index is 9.23. The molecule has 0 amide bonds. The summed E-state index contributed by atoms with van der Waals surface area (Å²) in [6, 6.07) is 17.6. The number of nitrogens with zero attached hydrogens (tertiary/aromatic N) is 1. The number of hydrogen-bond acceptors (Lipinski definition) is 2. The van der Waals surface area contributed by atoms with Gasteiger partial charge < -0.3 is 5.11 Å². The molecule has 0 saturated carbocycles. The van der Waals surface area contributed by atoms with Crippen LogP contribution in [0.15, 0.2) is 60.7 Å². The predicted octanol–water partition coefficient (Wildman–Crippen LogP) is 3.54. The number of likely N-dealkylation sites (N-methyl/N-ethyl adjacent to an activating group) is 1. The zero-order chi connectivity index (χ0) is 13.5. The second kappa shape index (κ2) is 6.76. The van der Waals surface area contributed by atoms with E-state index in [1.807, 2.05) is 30.3 Å². The molecule has 2 aromatic carbocycles. The summed E-state index contributed by atoms with van der Waals surface area (Å²) in [6.45, 7) is 1.77. The second-order valence-electron chi connectivity index (χ2n) is 4.68. The summed E-state index contributed by atoms with van der Waals surface area (Å²) >= 11 is 0. The van der Waals surface area contributed by atoms with Crippen LogP contribution in [-0.4, -0.2) is 23.6 Å². The summed E-state index contributed by atoms with van der Waals surface area (Å²) in [7, 11) is 2.09. The highest BCUT2D eigenvalue weighted by Gasteiger charge is 1.98. The lowest BCUT2D eigenvalue weighted by atomic mass is 10.2. The van der Waals surface area contributed by atoms with Crippen LogP contribution in [0.5, 0.6) is 5.75 Å². The largest absolute Gasteiger partial charge is 0.508 e. The molecular weight excluding hydrogens is 234 g/mol. The third-order valence-electron chi connectivity index (χ3n) is 2.92. The topological polar surface area (TPSA) is 23.5 Å². The van der Waals surface area contributed by atoms with Crippen molar-refractivity contribution in [3.63, 3.8) is 0 Å². The zero-order valence-electron chi connectivity index (χ0n) is 11.2. The molecule has 2 aromatic rings. The molecule has 0 saturated heterocycles. The van der Waals surface area contributed by atoms with Gasteiger partial charge in [-0.05, 0) is 30.3 Å². The van der Waals surface area contributed by atoms with Crippen LogP contribution >= 0.6 is 0 Å². The first kappa shape index (κ1) is 13.4. The van der Waals surface area contributed by atoms with Crippen LogP contribution in [-0.2, 0) is 6.54 Å². The Balaban J connectivity index is 1.83. The standard InChI is InChI=1S/C17H19NO/c1-18(14-16-9-11-17(19)12-10-16)13-5-8-15-6-3-2-4-7-15/h2-12,19H,13-14H2,1H3. The fourth-order valence-electron chi connectivity index (χ4n) is 1.91. The molecule has 0 spiro atoms. The molecule has 2 nitrogen and oxygen atoms in total. The Bertz CT molecular complexity index is 517. The van der Waals surface area contributed by atoms with Gasteiger partial charge >= 0.3 is 0 Å². The Morgan fingerprint density at radius 1 is 1.00 bits per heavy atom. The van der Waals surface area contributed by atoms with Crippen LogP contribution < -0.4 is 0 Å². The van der Waals surface area contributed by atoms with Crippen LogP contribution in [0.25, 0.3) is 6.08 Å². The Morgan fingerprint density at radius 3 is 2.37 bits per heavy atom. The first-order valence-corrected chi connectivity index (χ1v) is 6.42. The number of phenols is 1. The summed E-state index contributed by atoms with van der Waals surface area (Å²) in [4.78, 5) is 2.23. The Kier molecular flexibility index (Phi) is 4.76. The molecule has 0 fully saturated rings. The van der Waals surface area contributed by atoms with Crippen LogP contribution in [0.3, 0.4) is 0 Å². The molecule has 98 valence electrons. The molecule has 0 heterocycles. The smallest absolute Gasteiger partial charge is 0.115 e. The Labute approximate surface area is 114 Å². The summed E-state index contributed by atoms with van der Waals surface area (Å²) < 4.78 is 0. The zero-order valence-corrected chi connectivity index (χ0v) is 11.2. The van der Waals surface area contributed by atoms with Gasteiger partial charge in [0.25, 0.3) is 0 Å². The van der Waals surface area contributed by atoms with Crippen molar-refractivity contribution in [2.75, 3.05) is 13.6 Å². The predicted molar refractivity (Wildman–Crippen MR) is 79.9 cm³/mol. The molecule has 0 aliphatic carbocycles. The molecule has 0 aromatic heterocycles. The molecule has 1 N–H and O–H groups in total. The Hall–Kier alpha value is -2.06. The van der Waals surface area contributed by atoms with Gasteiger partial charge in [0.15, 0.2) is 0 Å². The Morgan fingerprint density at radius 2 is 1.68 bits per heavy atom. The fourth-order valence-corrected chi connectivity index (χ4v) is 1.91. The number of aromatic hydroxyl groups is 1. The van der Waals surface area contributed by atoms with Crippen LogP contribution in [0.2, 0.25) is 0 Å². The highest BCUT2D eigenvalue weighted by Crippen LogP contribution is 2.11. The monoisotopic (exact) mass is 253 g/mol.